The van der Waals surface area contributed by atoms with E-state index in [4.69, 9.17) is 0 Å². The number of hydrogen-bond acceptors (Lipinski definition) is 0. The highest BCUT2D eigenvalue weighted by Gasteiger charge is 2.14. The number of hydrogen-bond donors (Lipinski definition) is 0. The Bertz CT molecular complexity index is 495. The lowest BCUT2D eigenvalue weighted by Crippen LogP contribution is -2.12. The fraction of sp³-hybridized carbons (Fsp3) is 0.368. The van der Waals surface area contributed by atoms with Crippen molar-refractivity contribution in [1.29, 1.82) is 0 Å². The first-order valence-electron chi connectivity index (χ1n) is 6.90. The molecule has 2 aromatic carbocycles. The summed E-state index contributed by atoms with van der Waals surface area (Å²) in [6, 6.07) is 16.9. The van der Waals surface area contributed by atoms with Crippen LogP contribution in [-0.2, 0) is 5.41 Å². The Morgan fingerprint density at radius 1 is 0.579 bits per heavy atom. The largest absolute Gasteiger partial charge is 0.0620 e. The normalized spacial score (nSPS) is 10.6. The van der Waals surface area contributed by atoms with Gasteiger partial charge in [0.1, 0.15) is 0 Å². The van der Waals surface area contributed by atoms with Gasteiger partial charge < -0.3 is 0 Å². The Balaban J connectivity index is 0.000000200. The summed E-state index contributed by atoms with van der Waals surface area (Å²) in [6.07, 6.45) is 0. The molecule has 0 amide bonds. The van der Waals surface area contributed by atoms with E-state index < -0.39 is 0 Å². The average Bonchev–Trinajstić information content (AvgIpc) is 2.33. The smallest absolute Gasteiger partial charge is 0.0129 e. The van der Waals surface area contributed by atoms with Gasteiger partial charge in [-0.3, -0.25) is 0 Å². The van der Waals surface area contributed by atoms with Crippen LogP contribution in [-0.4, -0.2) is 0 Å². The molecule has 0 fully saturated rings. The second-order valence-corrected chi connectivity index (χ2v) is 6.15. The van der Waals surface area contributed by atoms with Gasteiger partial charge in [-0.05, 0) is 48.4 Å². The third kappa shape index (κ3) is 4.90. The summed E-state index contributed by atoms with van der Waals surface area (Å²) in [4.78, 5) is 0. The van der Waals surface area contributed by atoms with Crippen LogP contribution in [0.3, 0.4) is 0 Å². The summed E-state index contributed by atoms with van der Waals surface area (Å²) in [7, 11) is 0. The van der Waals surface area contributed by atoms with E-state index in [1.807, 2.05) is 0 Å². The minimum atomic E-state index is 0.283. The molecule has 0 unspecified atom stereocenters. The van der Waals surface area contributed by atoms with Crippen molar-refractivity contribution < 1.29 is 0 Å². The molecule has 0 aliphatic heterocycles. The highest BCUT2D eigenvalue weighted by Crippen LogP contribution is 2.24. The SMILES string of the molecule is Cc1ccccc1C.Cc1ccccc1C(C)(C)C. The van der Waals surface area contributed by atoms with Gasteiger partial charge in [-0.25, -0.2) is 0 Å². The zero-order chi connectivity index (χ0) is 14.5. The Morgan fingerprint density at radius 3 is 1.21 bits per heavy atom. The molecule has 102 valence electrons. The molecule has 0 heteroatoms. The van der Waals surface area contributed by atoms with Crippen LogP contribution in [0.2, 0.25) is 0 Å². The minimum absolute atomic E-state index is 0.283. The van der Waals surface area contributed by atoms with Crippen molar-refractivity contribution in [3.05, 3.63) is 70.8 Å². The third-order valence-electron chi connectivity index (χ3n) is 3.38. The van der Waals surface area contributed by atoms with Crippen LogP contribution in [0.15, 0.2) is 48.5 Å². The quantitative estimate of drug-likeness (QED) is 0.574. The van der Waals surface area contributed by atoms with E-state index in [0.717, 1.165) is 0 Å². The maximum Gasteiger partial charge on any atom is -0.0129 e. The molecule has 0 N–H and O–H groups in total. The molecule has 0 nitrogen and oxygen atoms in total. The van der Waals surface area contributed by atoms with E-state index in [9.17, 15) is 0 Å². The van der Waals surface area contributed by atoms with Gasteiger partial charge in [0.25, 0.3) is 0 Å². The van der Waals surface area contributed by atoms with E-state index in [2.05, 4.69) is 90.1 Å². The predicted octanol–water partition coefficient (Wildman–Crippen LogP) is 5.60. The molecule has 0 saturated carbocycles. The fourth-order valence-electron chi connectivity index (χ4n) is 2.08. The van der Waals surface area contributed by atoms with Gasteiger partial charge >= 0.3 is 0 Å². The molecule has 0 aliphatic carbocycles. The molecule has 0 saturated heterocycles. The van der Waals surface area contributed by atoms with Crippen molar-refractivity contribution in [3.8, 4) is 0 Å². The van der Waals surface area contributed by atoms with Crippen LogP contribution in [0.4, 0.5) is 0 Å². The Kier molecular flexibility index (Phi) is 5.35. The highest BCUT2D eigenvalue weighted by atomic mass is 14.2. The summed E-state index contributed by atoms with van der Waals surface area (Å²) in [6.45, 7) is 13.1. The first-order valence-corrected chi connectivity index (χ1v) is 6.90. The van der Waals surface area contributed by atoms with Crippen molar-refractivity contribution in [2.75, 3.05) is 0 Å². The van der Waals surface area contributed by atoms with Crippen LogP contribution in [0.1, 0.15) is 43.0 Å². The molecular formula is C19H26. The van der Waals surface area contributed by atoms with Gasteiger partial charge in [-0.15, -0.1) is 0 Å². The summed E-state index contributed by atoms with van der Waals surface area (Å²) >= 11 is 0. The summed E-state index contributed by atoms with van der Waals surface area (Å²) in [5.74, 6) is 0. The molecule has 0 bridgehead atoms. The highest BCUT2D eigenvalue weighted by molar-refractivity contribution is 5.31. The van der Waals surface area contributed by atoms with Crippen LogP contribution in [0.25, 0.3) is 0 Å². The van der Waals surface area contributed by atoms with Crippen LogP contribution >= 0.6 is 0 Å². The Morgan fingerprint density at radius 2 is 0.947 bits per heavy atom. The van der Waals surface area contributed by atoms with Crippen molar-refractivity contribution in [3.63, 3.8) is 0 Å². The lowest BCUT2D eigenvalue weighted by atomic mass is 9.84. The number of benzene rings is 2. The third-order valence-corrected chi connectivity index (χ3v) is 3.38. The van der Waals surface area contributed by atoms with Crippen molar-refractivity contribution in [2.45, 2.75) is 47.0 Å². The first kappa shape index (κ1) is 15.5. The van der Waals surface area contributed by atoms with Gasteiger partial charge in [0, 0.05) is 0 Å². The van der Waals surface area contributed by atoms with E-state index in [1.54, 1.807) is 0 Å². The Labute approximate surface area is 118 Å². The van der Waals surface area contributed by atoms with E-state index in [-0.39, 0.29) is 5.41 Å². The molecule has 0 radical (unpaired) electrons. The molecule has 0 spiro atoms. The van der Waals surface area contributed by atoms with Gasteiger partial charge in [-0.2, -0.15) is 0 Å². The maximum atomic E-state index is 2.25. The van der Waals surface area contributed by atoms with E-state index >= 15 is 0 Å². The van der Waals surface area contributed by atoms with Gasteiger partial charge in [-0.1, -0.05) is 69.3 Å². The standard InChI is InChI=1S/C11H16.C8H10/c1-9-7-5-6-8-10(9)11(2,3)4;1-7-5-3-4-6-8(7)2/h5-8H,1-4H3;3-6H,1-2H3. The zero-order valence-corrected chi connectivity index (χ0v) is 13.1. The molecule has 2 rings (SSSR count). The molecular weight excluding hydrogens is 228 g/mol. The second kappa shape index (κ2) is 6.56. The fourth-order valence-corrected chi connectivity index (χ4v) is 2.08. The number of aryl methyl sites for hydroxylation is 3. The molecule has 0 aliphatic rings. The van der Waals surface area contributed by atoms with Crippen LogP contribution in [0, 0.1) is 20.8 Å². The van der Waals surface area contributed by atoms with E-state index in [0.29, 0.717) is 0 Å². The zero-order valence-electron chi connectivity index (χ0n) is 13.1. The van der Waals surface area contributed by atoms with Gasteiger partial charge in [0.2, 0.25) is 0 Å². The predicted molar refractivity (Wildman–Crippen MR) is 85.8 cm³/mol. The van der Waals surface area contributed by atoms with Crippen molar-refractivity contribution in [1.82, 2.24) is 0 Å². The first-order chi connectivity index (χ1) is 8.82. The topological polar surface area (TPSA) is 0 Å². The second-order valence-electron chi connectivity index (χ2n) is 6.15. The minimum Gasteiger partial charge on any atom is -0.0620 e. The molecule has 19 heavy (non-hydrogen) atoms. The Hall–Kier alpha value is -1.56. The molecule has 0 aromatic heterocycles. The lowest BCUT2D eigenvalue weighted by molar-refractivity contribution is 0.586. The average molecular weight is 254 g/mol. The van der Waals surface area contributed by atoms with Gasteiger partial charge in [0.05, 0.1) is 0 Å². The summed E-state index contributed by atoms with van der Waals surface area (Å²) in [5.41, 5.74) is 5.85. The number of rotatable bonds is 0. The van der Waals surface area contributed by atoms with Gasteiger partial charge in [0.15, 0.2) is 0 Å². The molecule has 0 atom stereocenters. The van der Waals surface area contributed by atoms with E-state index in [1.165, 1.54) is 22.3 Å². The molecule has 0 heterocycles. The van der Waals surface area contributed by atoms with Crippen molar-refractivity contribution >= 4 is 0 Å². The monoisotopic (exact) mass is 254 g/mol. The van der Waals surface area contributed by atoms with Crippen LogP contribution < -0.4 is 0 Å². The summed E-state index contributed by atoms with van der Waals surface area (Å²) in [5, 5.41) is 0. The van der Waals surface area contributed by atoms with Crippen LogP contribution in [0.5, 0.6) is 0 Å². The van der Waals surface area contributed by atoms with Crippen molar-refractivity contribution in [2.24, 2.45) is 0 Å². The lowest BCUT2D eigenvalue weighted by Gasteiger charge is -2.21. The molecule has 2 aromatic rings. The summed E-state index contributed by atoms with van der Waals surface area (Å²) < 4.78 is 0. The maximum absolute atomic E-state index is 2.25.